The number of nitrogens with zero attached hydrogens (tertiary/aromatic N) is 3. The number of hydrogen-bond donors (Lipinski definition) is 1. The first-order valence-electron chi connectivity index (χ1n) is 6.17. The molecule has 4 nitrogen and oxygen atoms in total. The summed E-state index contributed by atoms with van der Waals surface area (Å²) in [4.78, 5) is 0. The molecule has 0 aromatic carbocycles. The zero-order chi connectivity index (χ0) is 13.4. The Labute approximate surface area is 113 Å². The van der Waals surface area contributed by atoms with Crippen molar-refractivity contribution in [2.24, 2.45) is 0 Å². The molecule has 1 N–H and O–H groups in total. The van der Waals surface area contributed by atoms with Crippen LogP contribution < -0.4 is 5.32 Å². The Morgan fingerprint density at radius 2 is 2.00 bits per heavy atom. The van der Waals surface area contributed by atoms with Crippen molar-refractivity contribution in [2.75, 3.05) is 23.9 Å². The van der Waals surface area contributed by atoms with Crippen molar-refractivity contribution in [2.45, 2.75) is 33.1 Å². The summed E-state index contributed by atoms with van der Waals surface area (Å²) >= 11 is 1.88. The van der Waals surface area contributed by atoms with Crippen LogP contribution in [0.5, 0.6) is 0 Å². The summed E-state index contributed by atoms with van der Waals surface area (Å²) in [6.45, 7) is 4.63. The highest BCUT2D eigenvalue weighted by atomic mass is 32.2. The van der Waals surface area contributed by atoms with Crippen LogP contribution in [-0.2, 0) is 0 Å². The SMILES string of the molecule is CSCCCCCNc1nnc(C)c(C)c1C#N. The minimum Gasteiger partial charge on any atom is -0.367 e. The molecule has 0 fully saturated rings. The van der Waals surface area contributed by atoms with Crippen LogP contribution in [0.4, 0.5) is 5.82 Å². The van der Waals surface area contributed by atoms with E-state index in [9.17, 15) is 0 Å². The number of nitrogens with one attached hydrogen (secondary N) is 1. The maximum absolute atomic E-state index is 9.14. The standard InChI is InChI=1S/C13H20N4S/c1-10-11(2)16-17-13(12(10)9-14)15-7-5-4-6-8-18-3/h4-8H2,1-3H3,(H,15,17). The lowest BCUT2D eigenvalue weighted by Crippen LogP contribution is -2.08. The second-order valence-electron chi connectivity index (χ2n) is 4.23. The zero-order valence-electron chi connectivity index (χ0n) is 11.3. The molecule has 0 unspecified atom stereocenters. The van der Waals surface area contributed by atoms with Crippen LogP contribution in [0.2, 0.25) is 0 Å². The average molecular weight is 264 g/mol. The first kappa shape index (κ1) is 14.8. The summed E-state index contributed by atoms with van der Waals surface area (Å²) in [7, 11) is 0. The Bertz CT molecular complexity index is 426. The van der Waals surface area contributed by atoms with E-state index in [0.717, 1.165) is 24.2 Å². The fraction of sp³-hybridized carbons (Fsp3) is 0.615. The highest BCUT2D eigenvalue weighted by Crippen LogP contribution is 2.17. The van der Waals surface area contributed by atoms with E-state index in [0.29, 0.717) is 11.4 Å². The van der Waals surface area contributed by atoms with E-state index in [-0.39, 0.29) is 0 Å². The smallest absolute Gasteiger partial charge is 0.166 e. The first-order chi connectivity index (χ1) is 8.70. The van der Waals surface area contributed by atoms with E-state index in [4.69, 9.17) is 5.26 Å². The van der Waals surface area contributed by atoms with E-state index < -0.39 is 0 Å². The molecule has 0 atom stereocenters. The fourth-order valence-electron chi connectivity index (χ4n) is 1.62. The molecular formula is C13H20N4S. The molecule has 1 rings (SSSR count). The molecule has 0 amide bonds. The van der Waals surface area contributed by atoms with E-state index in [1.807, 2.05) is 25.6 Å². The molecule has 1 aromatic rings. The number of aromatic nitrogens is 2. The van der Waals surface area contributed by atoms with Crippen LogP contribution in [0.15, 0.2) is 0 Å². The van der Waals surface area contributed by atoms with Gasteiger partial charge < -0.3 is 5.32 Å². The van der Waals surface area contributed by atoms with Crippen molar-refractivity contribution in [1.29, 1.82) is 5.26 Å². The topological polar surface area (TPSA) is 61.6 Å². The third-order valence-corrected chi connectivity index (χ3v) is 3.58. The molecule has 0 saturated carbocycles. The highest BCUT2D eigenvalue weighted by molar-refractivity contribution is 7.98. The van der Waals surface area contributed by atoms with Crippen LogP contribution in [0.1, 0.15) is 36.1 Å². The van der Waals surface area contributed by atoms with Gasteiger partial charge >= 0.3 is 0 Å². The van der Waals surface area contributed by atoms with Gasteiger partial charge in [-0.2, -0.15) is 22.1 Å². The molecule has 1 heterocycles. The number of anilines is 1. The van der Waals surface area contributed by atoms with E-state index in [1.165, 1.54) is 18.6 Å². The summed E-state index contributed by atoms with van der Waals surface area (Å²) in [6.07, 6.45) is 5.67. The van der Waals surface area contributed by atoms with Gasteiger partial charge in [0.2, 0.25) is 0 Å². The first-order valence-corrected chi connectivity index (χ1v) is 7.57. The van der Waals surface area contributed by atoms with E-state index in [1.54, 1.807) is 0 Å². The van der Waals surface area contributed by atoms with Crippen molar-refractivity contribution in [3.8, 4) is 6.07 Å². The minimum atomic E-state index is 0.616. The van der Waals surface area contributed by atoms with Crippen molar-refractivity contribution >= 4 is 17.6 Å². The van der Waals surface area contributed by atoms with Crippen LogP contribution in [0.3, 0.4) is 0 Å². The zero-order valence-corrected chi connectivity index (χ0v) is 12.1. The maximum Gasteiger partial charge on any atom is 0.166 e. The Morgan fingerprint density at radius 3 is 2.67 bits per heavy atom. The van der Waals surface area contributed by atoms with Gasteiger partial charge in [0.25, 0.3) is 0 Å². The normalized spacial score (nSPS) is 10.1. The number of aryl methyl sites for hydroxylation is 1. The van der Waals surface area contributed by atoms with Gasteiger partial charge in [-0.25, -0.2) is 0 Å². The summed E-state index contributed by atoms with van der Waals surface area (Å²) < 4.78 is 0. The molecule has 5 heteroatoms. The number of hydrogen-bond acceptors (Lipinski definition) is 5. The van der Waals surface area contributed by atoms with Crippen LogP contribution >= 0.6 is 11.8 Å². The number of nitriles is 1. The summed E-state index contributed by atoms with van der Waals surface area (Å²) in [5.41, 5.74) is 2.35. The van der Waals surface area contributed by atoms with Crippen molar-refractivity contribution in [1.82, 2.24) is 10.2 Å². The van der Waals surface area contributed by atoms with Crippen LogP contribution in [0, 0.1) is 25.2 Å². The Morgan fingerprint density at radius 1 is 1.22 bits per heavy atom. The number of unbranched alkanes of at least 4 members (excludes halogenated alkanes) is 2. The quantitative estimate of drug-likeness (QED) is 0.767. The van der Waals surface area contributed by atoms with Gasteiger partial charge in [0.05, 0.1) is 5.69 Å². The van der Waals surface area contributed by atoms with Crippen LogP contribution in [0.25, 0.3) is 0 Å². The van der Waals surface area contributed by atoms with Gasteiger partial charge in [0.1, 0.15) is 11.6 Å². The monoisotopic (exact) mass is 264 g/mol. The molecule has 0 aliphatic heterocycles. The fourth-order valence-corrected chi connectivity index (χ4v) is 2.12. The molecule has 98 valence electrons. The Balaban J connectivity index is 2.48. The van der Waals surface area contributed by atoms with Crippen molar-refractivity contribution < 1.29 is 0 Å². The molecule has 18 heavy (non-hydrogen) atoms. The number of thioether (sulfide) groups is 1. The van der Waals surface area contributed by atoms with Crippen molar-refractivity contribution in [3.05, 3.63) is 16.8 Å². The minimum absolute atomic E-state index is 0.616. The van der Waals surface area contributed by atoms with Crippen LogP contribution in [-0.4, -0.2) is 28.8 Å². The number of rotatable bonds is 7. The molecule has 0 radical (unpaired) electrons. The lowest BCUT2D eigenvalue weighted by atomic mass is 10.1. The van der Waals surface area contributed by atoms with Gasteiger partial charge in [-0.15, -0.1) is 5.10 Å². The maximum atomic E-state index is 9.14. The molecule has 0 aliphatic carbocycles. The summed E-state index contributed by atoms with van der Waals surface area (Å²) in [5.74, 6) is 1.83. The molecule has 0 aliphatic rings. The van der Waals surface area contributed by atoms with Gasteiger partial charge in [-0.1, -0.05) is 6.42 Å². The Kier molecular flexibility index (Phi) is 6.51. The van der Waals surface area contributed by atoms with Gasteiger partial charge in [-0.3, -0.25) is 0 Å². The molecule has 1 aromatic heterocycles. The predicted octanol–water partition coefficient (Wildman–Crippen LogP) is 2.91. The predicted molar refractivity (Wildman–Crippen MR) is 76.9 cm³/mol. The lowest BCUT2D eigenvalue weighted by molar-refractivity contribution is 0.746. The third kappa shape index (κ3) is 4.19. The van der Waals surface area contributed by atoms with Crippen molar-refractivity contribution in [3.63, 3.8) is 0 Å². The summed E-state index contributed by atoms with van der Waals surface area (Å²) in [6, 6.07) is 2.20. The molecular weight excluding hydrogens is 244 g/mol. The molecule has 0 bridgehead atoms. The van der Waals surface area contributed by atoms with E-state index >= 15 is 0 Å². The van der Waals surface area contributed by atoms with Gasteiger partial charge in [-0.05, 0) is 44.3 Å². The Hall–Kier alpha value is -1.28. The van der Waals surface area contributed by atoms with Gasteiger partial charge in [0, 0.05) is 6.54 Å². The lowest BCUT2D eigenvalue weighted by Gasteiger charge is -2.09. The second kappa shape index (κ2) is 7.93. The molecule has 0 spiro atoms. The third-order valence-electron chi connectivity index (χ3n) is 2.88. The molecule has 0 saturated heterocycles. The average Bonchev–Trinajstić information content (AvgIpc) is 2.38. The van der Waals surface area contributed by atoms with E-state index in [2.05, 4.69) is 27.8 Å². The largest absolute Gasteiger partial charge is 0.367 e. The second-order valence-corrected chi connectivity index (χ2v) is 5.21. The van der Waals surface area contributed by atoms with Gasteiger partial charge in [0.15, 0.2) is 5.82 Å². The highest BCUT2D eigenvalue weighted by Gasteiger charge is 2.09. The summed E-state index contributed by atoms with van der Waals surface area (Å²) in [5, 5.41) is 20.4.